The van der Waals surface area contributed by atoms with Crippen LogP contribution >= 0.6 is 0 Å². The Morgan fingerprint density at radius 3 is 2.72 bits per heavy atom. The van der Waals surface area contributed by atoms with E-state index in [4.69, 9.17) is 4.74 Å². The van der Waals surface area contributed by atoms with E-state index in [1.807, 2.05) is 0 Å². The van der Waals surface area contributed by atoms with Gasteiger partial charge in [-0.15, -0.1) is 0 Å². The van der Waals surface area contributed by atoms with Crippen LogP contribution in [0.25, 0.3) is 0 Å². The van der Waals surface area contributed by atoms with Gasteiger partial charge in [-0.05, 0) is 43.0 Å². The molecular formula is C16H25NO. The molecule has 1 fully saturated rings. The molecule has 2 heteroatoms. The van der Waals surface area contributed by atoms with Gasteiger partial charge in [0.25, 0.3) is 0 Å². The van der Waals surface area contributed by atoms with E-state index in [2.05, 4.69) is 50.4 Å². The first kappa shape index (κ1) is 13.4. The number of hydrogen-bond donors (Lipinski definition) is 1. The van der Waals surface area contributed by atoms with Crippen molar-refractivity contribution in [1.82, 2.24) is 5.32 Å². The van der Waals surface area contributed by atoms with Crippen molar-refractivity contribution in [3.05, 3.63) is 29.8 Å². The first-order valence-corrected chi connectivity index (χ1v) is 7.24. The standard InChI is InChI=1S/C16H25NO/c1-4-12(3)16(17-5-2)13-7-6-8-15(11-13)18-14-9-10-14/h6-8,11-12,14,16-17H,4-5,9-10H2,1-3H3. The summed E-state index contributed by atoms with van der Waals surface area (Å²) < 4.78 is 5.88. The lowest BCUT2D eigenvalue weighted by Crippen LogP contribution is -2.26. The molecule has 0 bridgehead atoms. The van der Waals surface area contributed by atoms with Crippen molar-refractivity contribution in [2.45, 2.75) is 52.2 Å². The number of nitrogens with one attached hydrogen (secondary N) is 1. The Hall–Kier alpha value is -1.02. The number of hydrogen-bond acceptors (Lipinski definition) is 2. The molecule has 0 radical (unpaired) electrons. The Balaban J connectivity index is 2.12. The smallest absolute Gasteiger partial charge is 0.120 e. The van der Waals surface area contributed by atoms with E-state index in [0.29, 0.717) is 18.1 Å². The van der Waals surface area contributed by atoms with E-state index in [9.17, 15) is 0 Å². The molecule has 1 aliphatic carbocycles. The average Bonchev–Trinajstić information content (AvgIpc) is 3.19. The van der Waals surface area contributed by atoms with Gasteiger partial charge in [0.15, 0.2) is 0 Å². The fraction of sp³-hybridized carbons (Fsp3) is 0.625. The highest BCUT2D eigenvalue weighted by Gasteiger charge is 2.24. The first-order chi connectivity index (χ1) is 8.74. The highest BCUT2D eigenvalue weighted by Crippen LogP contribution is 2.30. The molecule has 1 aromatic rings. The number of ether oxygens (including phenoxy) is 1. The Morgan fingerprint density at radius 2 is 2.11 bits per heavy atom. The molecule has 0 heterocycles. The maximum absolute atomic E-state index is 5.88. The van der Waals surface area contributed by atoms with Gasteiger partial charge in [0, 0.05) is 6.04 Å². The Bertz CT molecular complexity index is 373. The second-order valence-electron chi connectivity index (χ2n) is 5.31. The molecule has 0 saturated heterocycles. The van der Waals surface area contributed by atoms with Crippen LogP contribution in [0.3, 0.4) is 0 Å². The molecule has 2 rings (SSSR count). The summed E-state index contributed by atoms with van der Waals surface area (Å²) in [6.45, 7) is 7.73. The molecule has 0 aliphatic heterocycles. The van der Waals surface area contributed by atoms with E-state index < -0.39 is 0 Å². The van der Waals surface area contributed by atoms with Gasteiger partial charge in [0.05, 0.1) is 6.10 Å². The van der Waals surface area contributed by atoms with Crippen LogP contribution in [0.1, 0.15) is 51.6 Å². The zero-order chi connectivity index (χ0) is 13.0. The van der Waals surface area contributed by atoms with Crippen molar-refractivity contribution in [3.8, 4) is 5.75 Å². The molecular weight excluding hydrogens is 222 g/mol. The molecule has 1 aromatic carbocycles. The quantitative estimate of drug-likeness (QED) is 0.788. The minimum absolute atomic E-state index is 0.433. The van der Waals surface area contributed by atoms with Gasteiger partial charge < -0.3 is 10.1 Å². The van der Waals surface area contributed by atoms with Gasteiger partial charge >= 0.3 is 0 Å². The van der Waals surface area contributed by atoms with E-state index in [1.54, 1.807) is 0 Å². The van der Waals surface area contributed by atoms with Crippen molar-refractivity contribution in [2.24, 2.45) is 5.92 Å². The zero-order valence-electron chi connectivity index (χ0n) is 11.8. The van der Waals surface area contributed by atoms with Gasteiger partial charge in [0.1, 0.15) is 5.75 Å². The lowest BCUT2D eigenvalue weighted by atomic mass is 9.92. The number of rotatable bonds is 7. The Morgan fingerprint density at radius 1 is 1.33 bits per heavy atom. The van der Waals surface area contributed by atoms with Crippen LogP contribution in [0, 0.1) is 5.92 Å². The average molecular weight is 247 g/mol. The highest BCUT2D eigenvalue weighted by molar-refractivity contribution is 5.31. The molecule has 2 nitrogen and oxygen atoms in total. The molecule has 0 aromatic heterocycles. The summed E-state index contributed by atoms with van der Waals surface area (Å²) in [5.74, 6) is 1.67. The van der Waals surface area contributed by atoms with E-state index in [-0.39, 0.29) is 0 Å². The van der Waals surface area contributed by atoms with Gasteiger partial charge in [-0.2, -0.15) is 0 Å². The Kier molecular flexibility index (Phi) is 4.65. The lowest BCUT2D eigenvalue weighted by Gasteiger charge is -2.24. The predicted octanol–water partition coefficient (Wildman–Crippen LogP) is 3.92. The summed E-state index contributed by atoms with van der Waals surface area (Å²) in [7, 11) is 0. The van der Waals surface area contributed by atoms with Crippen LogP contribution in [-0.4, -0.2) is 12.6 Å². The van der Waals surface area contributed by atoms with Crippen LogP contribution in [0.4, 0.5) is 0 Å². The summed E-state index contributed by atoms with van der Waals surface area (Å²) in [4.78, 5) is 0. The van der Waals surface area contributed by atoms with Crippen LogP contribution in [0.15, 0.2) is 24.3 Å². The molecule has 1 N–H and O–H groups in total. The third-order valence-corrected chi connectivity index (χ3v) is 3.68. The van der Waals surface area contributed by atoms with Crippen LogP contribution < -0.4 is 10.1 Å². The summed E-state index contributed by atoms with van der Waals surface area (Å²) in [5, 5.41) is 3.59. The van der Waals surface area contributed by atoms with Crippen molar-refractivity contribution < 1.29 is 4.74 Å². The third-order valence-electron chi connectivity index (χ3n) is 3.68. The fourth-order valence-electron chi connectivity index (χ4n) is 2.26. The molecule has 100 valence electrons. The third kappa shape index (κ3) is 3.49. The van der Waals surface area contributed by atoms with E-state index in [1.165, 1.54) is 24.8 Å². The SMILES string of the molecule is CCNC(c1cccc(OC2CC2)c1)C(C)CC. The highest BCUT2D eigenvalue weighted by atomic mass is 16.5. The molecule has 0 spiro atoms. The van der Waals surface area contributed by atoms with Gasteiger partial charge in [-0.25, -0.2) is 0 Å². The summed E-state index contributed by atoms with van der Waals surface area (Å²) in [5.41, 5.74) is 1.35. The molecule has 1 aliphatic rings. The molecule has 2 atom stereocenters. The number of benzene rings is 1. The normalized spacial score (nSPS) is 18.4. The summed E-state index contributed by atoms with van der Waals surface area (Å²) >= 11 is 0. The maximum atomic E-state index is 5.88. The monoisotopic (exact) mass is 247 g/mol. The Labute approximate surface area is 111 Å². The molecule has 18 heavy (non-hydrogen) atoms. The van der Waals surface area contributed by atoms with Crippen molar-refractivity contribution in [3.63, 3.8) is 0 Å². The van der Waals surface area contributed by atoms with Crippen LogP contribution in [0.2, 0.25) is 0 Å². The van der Waals surface area contributed by atoms with Crippen molar-refractivity contribution in [1.29, 1.82) is 0 Å². The predicted molar refractivity (Wildman–Crippen MR) is 76.0 cm³/mol. The van der Waals surface area contributed by atoms with E-state index in [0.717, 1.165) is 12.3 Å². The fourth-order valence-corrected chi connectivity index (χ4v) is 2.26. The summed E-state index contributed by atoms with van der Waals surface area (Å²) in [6, 6.07) is 9.03. The van der Waals surface area contributed by atoms with Crippen molar-refractivity contribution in [2.75, 3.05) is 6.54 Å². The van der Waals surface area contributed by atoms with Crippen LogP contribution in [-0.2, 0) is 0 Å². The molecule has 1 saturated carbocycles. The van der Waals surface area contributed by atoms with Gasteiger partial charge in [-0.3, -0.25) is 0 Å². The minimum Gasteiger partial charge on any atom is -0.490 e. The maximum Gasteiger partial charge on any atom is 0.120 e. The second-order valence-corrected chi connectivity index (χ2v) is 5.31. The topological polar surface area (TPSA) is 21.3 Å². The second kappa shape index (κ2) is 6.24. The summed E-state index contributed by atoms with van der Waals surface area (Å²) in [6.07, 6.45) is 4.09. The molecule has 2 unspecified atom stereocenters. The minimum atomic E-state index is 0.433. The largest absolute Gasteiger partial charge is 0.490 e. The molecule has 0 amide bonds. The first-order valence-electron chi connectivity index (χ1n) is 7.24. The zero-order valence-corrected chi connectivity index (χ0v) is 11.8. The lowest BCUT2D eigenvalue weighted by molar-refractivity contribution is 0.301. The van der Waals surface area contributed by atoms with Crippen LogP contribution in [0.5, 0.6) is 5.75 Å². The van der Waals surface area contributed by atoms with Gasteiger partial charge in [0.2, 0.25) is 0 Å². The van der Waals surface area contributed by atoms with Gasteiger partial charge in [-0.1, -0.05) is 39.3 Å². The van der Waals surface area contributed by atoms with Crippen molar-refractivity contribution >= 4 is 0 Å². The van der Waals surface area contributed by atoms with E-state index >= 15 is 0 Å².